The second-order valence-corrected chi connectivity index (χ2v) is 2.18. The Hall–Kier alpha value is -1.36. The summed E-state index contributed by atoms with van der Waals surface area (Å²) < 4.78 is 0. The SMILES string of the molecule is O=c1[nH]c([N+](=O)[O-])ccc1Cl. The molecule has 0 amide bonds. The van der Waals surface area contributed by atoms with E-state index in [4.69, 9.17) is 11.6 Å². The van der Waals surface area contributed by atoms with Crippen molar-refractivity contribution in [1.29, 1.82) is 0 Å². The normalized spacial score (nSPS) is 9.55. The fraction of sp³-hybridized carbons (Fsp3) is 0. The number of nitro groups is 1. The predicted octanol–water partition coefficient (Wildman–Crippen LogP) is 0.936. The summed E-state index contributed by atoms with van der Waals surface area (Å²) in [5.74, 6) is -0.362. The molecule has 0 aliphatic heterocycles. The number of rotatable bonds is 1. The van der Waals surface area contributed by atoms with Crippen LogP contribution in [0.25, 0.3) is 0 Å². The third-order valence-corrected chi connectivity index (χ3v) is 1.34. The van der Waals surface area contributed by atoms with Gasteiger partial charge >= 0.3 is 11.4 Å². The van der Waals surface area contributed by atoms with Crippen LogP contribution in [0.5, 0.6) is 0 Å². The highest BCUT2D eigenvalue weighted by Gasteiger charge is 2.05. The van der Waals surface area contributed by atoms with Crippen molar-refractivity contribution in [2.75, 3.05) is 0 Å². The maximum Gasteiger partial charge on any atom is 0.350 e. The van der Waals surface area contributed by atoms with E-state index in [0.29, 0.717) is 0 Å². The summed E-state index contributed by atoms with van der Waals surface area (Å²) in [5.41, 5.74) is -0.652. The van der Waals surface area contributed by atoms with Crippen molar-refractivity contribution in [1.82, 2.24) is 4.98 Å². The summed E-state index contributed by atoms with van der Waals surface area (Å²) in [6.45, 7) is 0. The molecule has 1 aromatic rings. The number of aromatic amines is 1. The Morgan fingerprint density at radius 3 is 2.64 bits per heavy atom. The van der Waals surface area contributed by atoms with E-state index in [9.17, 15) is 14.9 Å². The average molecular weight is 175 g/mol. The molecule has 58 valence electrons. The number of nitrogens with zero attached hydrogens (tertiary/aromatic N) is 1. The lowest BCUT2D eigenvalue weighted by Crippen LogP contribution is -2.07. The Balaban J connectivity index is 3.26. The molecule has 1 aromatic heterocycles. The molecule has 0 saturated heterocycles. The molecular formula is C5H3ClN2O3. The summed E-state index contributed by atoms with van der Waals surface area (Å²) in [4.78, 5) is 22.0. The summed E-state index contributed by atoms with van der Waals surface area (Å²) in [6.07, 6.45) is 0. The molecule has 0 radical (unpaired) electrons. The number of halogens is 1. The fourth-order valence-electron chi connectivity index (χ4n) is 0.552. The van der Waals surface area contributed by atoms with Gasteiger partial charge in [0.2, 0.25) is 0 Å². The maximum atomic E-state index is 10.7. The molecule has 0 atom stereocenters. The van der Waals surface area contributed by atoms with Gasteiger partial charge in [-0.15, -0.1) is 0 Å². The van der Waals surface area contributed by atoms with E-state index in [-0.39, 0.29) is 10.8 Å². The van der Waals surface area contributed by atoms with Gasteiger partial charge in [0.15, 0.2) is 0 Å². The Morgan fingerprint density at radius 1 is 1.55 bits per heavy atom. The second kappa shape index (κ2) is 2.71. The van der Waals surface area contributed by atoms with Crippen LogP contribution in [0.3, 0.4) is 0 Å². The number of H-pyrrole nitrogens is 1. The van der Waals surface area contributed by atoms with E-state index in [0.717, 1.165) is 6.07 Å². The van der Waals surface area contributed by atoms with Gasteiger partial charge in [-0.3, -0.25) is 0 Å². The van der Waals surface area contributed by atoms with Crippen molar-refractivity contribution in [2.45, 2.75) is 0 Å². The minimum Gasteiger partial charge on any atom is -0.358 e. The van der Waals surface area contributed by atoms with E-state index < -0.39 is 10.5 Å². The summed E-state index contributed by atoms with van der Waals surface area (Å²) in [6, 6.07) is 2.31. The van der Waals surface area contributed by atoms with Crippen LogP contribution < -0.4 is 5.56 Å². The third kappa shape index (κ3) is 1.56. The first-order chi connectivity index (χ1) is 5.11. The molecule has 0 unspecified atom stereocenters. The summed E-state index contributed by atoms with van der Waals surface area (Å²) in [7, 11) is 0. The number of hydrogen-bond donors (Lipinski definition) is 1. The summed E-state index contributed by atoms with van der Waals surface area (Å²) >= 11 is 5.32. The highest BCUT2D eigenvalue weighted by Crippen LogP contribution is 2.06. The molecule has 0 spiro atoms. The molecule has 5 nitrogen and oxygen atoms in total. The molecule has 0 saturated carbocycles. The highest BCUT2D eigenvalue weighted by molar-refractivity contribution is 6.30. The predicted molar refractivity (Wildman–Crippen MR) is 38.7 cm³/mol. The molecule has 0 aromatic carbocycles. The van der Waals surface area contributed by atoms with Crippen molar-refractivity contribution >= 4 is 17.4 Å². The van der Waals surface area contributed by atoms with Crippen LogP contribution in [0.15, 0.2) is 16.9 Å². The zero-order valence-electron chi connectivity index (χ0n) is 5.20. The smallest absolute Gasteiger partial charge is 0.350 e. The van der Waals surface area contributed by atoms with Gasteiger partial charge in [-0.1, -0.05) is 11.6 Å². The van der Waals surface area contributed by atoms with Gasteiger partial charge < -0.3 is 10.1 Å². The number of hydrogen-bond acceptors (Lipinski definition) is 3. The minimum absolute atomic E-state index is 0.0596. The largest absolute Gasteiger partial charge is 0.358 e. The van der Waals surface area contributed by atoms with Gasteiger partial charge in [-0.05, 0) is 11.0 Å². The van der Waals surface area contributed by atoms with E-state index in [1.807, 2.05) is 4.98 Å². The Morgan fingerprint density at radius 2 is 2.18 bits per heavy atom. The molecule has 1 rings (SSSR count). The Kier molecular flexibility index (Phi) is 1.91. The van der Waals surface area contributed by atoms with Crippen LogP contribution in [-0.4, -0.2) is 9.91 Å². The first kappa shape index (κ1) is 7.74. The third-order valence-electron chi connectivity index (χ3n) is 1.04. The zero-order chi connectivity index (χ0) is 8.43. The number of nitrogens with one attached hydrogen (secondary N) is 1. The van der Waals surface area contributed by atoms with Crippen molar-refractivity contribution < 1.29 is 4.92 Å². The molecule has 0 bridgehead atoms. The molecule has 1 N–H and O–H groups in total. The standard InChI is InChI=1S/C5H3ClN2O3/c6-3-1-2-4(8(10)11)7-5(3)9/h1-2H,(H,7,9). The van der Waals surface area contributed by atoms with Gasteiger partial charge in [0, 0.05) is 6.07 Å². The Bertz CT molecular complexity index is 346. The van der Waals surface area contributed by atoms with Crippen molar-refractivity contribution in [3.05, 3.63) is 37.6 Å². The fourth-order valence-corrected chi connectivity index (χ4v) is 0.662. The molecule has 6 heteroatoms. The van der Waals surface area contributed by atoms with E-state index in [1.165, 1.54) is 6.07 Å². The topological polar surface area (TPSA) is 76.0 Å². The van der Waals surface area contributed by atoms with Crippen LogP contribution in [0, 0.1) is 10.1 Å². The van der Waals surface area contributed by atoms with Gasteiger partial charge in [0.05, 0.1) is 0 Å². The van der Waals surface area contributed by atoms with Crippen LogP contribution >= 0.6 is 11.6 Å². The lowest BCUT2D eigenvalue weighted by molar-refractivity contribution is -0.389. The summed E-state index contributed by atoms with van der Waals surface area (Å²) in [5, 5.41) is 10.00. The lowest BCUT2D eigenvalue weighted by atomic mass is 10.5. The number of pyridine rings is 1. The first-order valence-electron chi connectivity index (χ1n) is 2.64. The van der Waals surface area contributed by atoms with Gasteiger partial charge in [-0.25, -0.2) is 9.78 Å². The van der Waals surface area contributed by atoms with Crippen LogP contribution in [0.4, 0.5) is 5.82 Å². The van der Waals surface area contributed by atoms with Crippen LogP contribution in [0.1, 0.15) is 0 Å². The molecule has 0 fully saturated rings. The minimum atomic E-state index is -0.697. The van der Waals surface area contributed by atoms with E-state index in [1.54, 1.807) is 0 Å². The molecular weight excluding hydrogens is 172 g/mol. The zero-order valence-corrected chi connectivity index (χ0v) is 5.96. The van der Waals surface area contributed by atoms with Gasteiger partial charge in [0.25, 0.3) is 0 Å². The highest BCUT2D eigenvalue weighted by atomic mass is 35.5. The quantitative estimate of drug-likeness (QED) is 0.508. The monoisotopic (exact) mass is 174 g/mol. The maximum absolute atomic E-state index is 10.7. The Labute approximate surface area is 65.8 Å². The van der Waals surface area contributed by atoms with Crippen molar-refractivity contribution in [2.24, 2.45) is 0 Å². The second-order valence-electron chi connectivity index (χ2n) is 1.78. The van der Waals surface area contributed by atoms with Gasteiger partial charge in [-0.2, -0.15) is 0 Å². The van der Waals surface area contributed by atoms with Crippen LogP contribution in [0.2, 0.25) is 5.02 Å². The van der Waals surface area contributed by atoms with E-state index >= 15 is 0 Å². The van der Waals surface area contributed by atoms with Crippen molar-refractivity contribution in [3.8, 4) is 0 Å². The molecule has 11 heavy (non-hydrogen) atoms. The van der Waals surface area contributed by atoms with Gasteiger partial charge in [0.1, 0.15) is 5.02 Å². The molecule has 0 aliphatic rings. The molecule has 1 heterocycles. The number of aromatic nitrogens is 1. The average Bonchev–Trinajstić information content (AvgIpc) is 1.94. The molecule has 0 aliphatic carbocycles. The van der Waals surface area contributed by atoms with Crippen LogP contribution in [-0.2, 0) is 0 Å². The van der Waals surface area contributed by atoms with E-state index in [2.05, 4.69) is 0 Å². The lowest BCUT2D eigenvalue weighted by Gasteiger charge is -1.91. The first-order valence-corrected chi connectivity index (χ1v) is 3.02. The van der Waals surface area contributed by atoms with Crippen molar-refractivity contribution in [3.63, 3.8) is 0 Å².